The van der Waals surface area contributed by atoms with Gasteiger partial charge in [-0.3, -0.25) is 4.79 Å². The Morgan fingerprint density at radius 3 is 2.90 bits per heavy atom. The van der Waals surface area contributed by atoms with Crippen LogP contribution in [-0.4, -0.2) is 18.0 Å². The average molecular weight is 326 g/mol. The number of hydrogen-bond acceptors (Lipinski definition) is 5. The molecule has 1 amide bonds. The van der Waals surface area contributed by atoms with Gasteiger partial charge >= 0.3 is 0 Å². The number of nitrogens with two attached hydrogens (primary N) is 1. The zero-order chi connectivity index (χ0) is 15.4. The predicted octanol–water partition coefficient (Wildman–Crippen LogP) is 2.75. The highest BCUT2D eigenvalue weighted by Crippen LogP contribution is 2.31. The molecule has 0 unspecified atom stereocenters. The largest absolute Gasteiger partial charge is 0.495 e. The van der Waals surface area contributed by atoms with Gasteiger partial charge in [-0.1, -0.05) is 11.6 Å². The number of thiazole rings is 1. The second-order valence-corrected chi connectivity index (χ2v) is 5.81. The number of nitrogens with zero attached hydrogens (tertiary/aromatic N) is 1. The van der Waals surface area contributed by atoms with Crippen molar-refractivity contribution in [3.05, 3.63) is 38.8 Å². The van der Waals surface area contributed by atoms with Crippen molar-refractivity contribution in [2.24, 2.45) is 5.73 Å². The zero-order valence-electron chi connectivity index (χ0n) is 11.8. The second-order valence-electron chi connectivity index (χ2n) is 4.46. The Balaban J connectivity index is 2.10. The summed E-state index contributed by atoms with van der Waals surface area (Å²) in [5, 5.41) is 6.07. The number of benzene rings is 1. The first-order valence-electron chi connectivity index (χ1n) is 6.30. The maximum Gasteiger partial charge on any atom is 0.230 e. The number of halogens is 1. The number of ether oxygens (including phenoxy) is 1. The number of carbonyl (C=O) groups is 1. The van der Waals surface area contributed by atoms with E-state index in [1.807, 2.05) is 12.3 Å². The Kier molecular flexibility index (Phi) is 5.17. The molecule has 1 heterocycles. The summed E-state index contributed by atoms with van der Waals surface area (Å²) in [6.07, 6.45) is 0.196. The van der Waals surface area contributed by atoms with Crippen LogP contribution in [0.5, 0.6) is 5.75 Å². The Hall–Kier alpha value is -1.63. The molecule has 2 aromatic rings. The average Bonchev–Trinajstić information content (AvgIpc) is 2.90. The van der Waals surface area contributed by atoms with Gasteiger partial charge in [0.05, 0.1) is 24.9 Å². The first-order valence-corrected chi connectivity index (χ1v) is 7.56. The number of methoxy groups -OCH3 is 1. The maximum absolute atomic E-state index is 12.1. The van der Waals surface area contributed by atoms with Crippen molar-refractivity contribution in [1.82, 2.24) is 4.98 Å². The van der Waals surface area contributed by atoms with Crippen LogP contribution in [0.2, 0.25) is 5.02 Å². The summed E-state index contributed by atoms with van der Waals surface area (Å²) in [6, 6.07) is 3.47. The minimum Gasteiger partial charge on any atom is -0.495 e. The maximum atomic E-state index is 12.1. The smallest absolute Gasteiger partial charge is 0.230 e. The molecule has 0 bridgehead atoms. The fourth-order valence-corrected chi connectivity index (χ4v) is 2.64. The van der Waals surface area contributed by atoms with Gasteiger partial charge in [0, 0.05) is 23.0 Å². The first-order chi connectivity index (χ1) is 10.0. The van der Waals surface area contributed by atoms with E-state index in [1.54, 1.807) is 12.1 Å². The second kappa shape index (κ2) is 6.89. The quantitative estimate of drug-likeness (QED) is 0.886. The Morgan fingerprint density at radius 2 is 2.29 bits per heavy atom. The molecule has 21 heavy (non-hydrogen) atoms. The van der Waals surface area contributed by atoms with Crippen LogP contribution in [0, 0.1) is 6.92 Å². The number of aryl methyl sites for hydroxylation is 1. The van der Waals surface area contributed by atoms with Crippen molar-refractivity contribution in [3.63, 3.8) is 0 Å². The van der Waals surface area contributed by atoms with Crippen LogP contribution in [0.1, 0.15) is 16.3 Å². The SMILES string of the molecule is COc1cc(Cl)c(C)cc1NC(=O)Cc1csc(CN)n1. The summed E-state index contributed by atoms with van der Waals surface area (Å²) in [5.41, 5.74) is 7.68. The van der Waals surface area contributed by atoms with E-state index in [-0.39, 0.29) is 12.3 Å². The van der Waals surface area contributed by atoms with Crippen LogP contribution in [0.15, 0.2) is 17.5 Å². The molecule has 0 aliphatic heterocycles. The van der Waals surface area contributed by atoms with Crippen molar-refractivity contribution in [3.8, 4) is 5.75 Å². The van der Waals surface area contributed by atoms with E-state index in [9.17, 15) is 4.79 Å². The highest BCUT2D eigenvalue weighted by atomic mass is 35.5. The predicted molar refractivity (Wildman–Crippen MR) is 85.1 cm³/mol. The molecule has 0 aliphatic carbocycles. The number of rotatable bonds is 5. The molecule has 0 fully saturated rings. The lowest BCUT2D eigenvalue weighted by Gasteiger charge is -2.11. The van der Waals surface area contributed by atoms with Gasteiger partial charge in [0.1, 0.15) is 10.8 Å². The van der Waals surface area contributed by atoms with Crippen LogP contribution in [0.25, 0.3) is 0 Å². The summed E-state index contributed by atoms with van der Waals surface area (Å²) >= 11 is 7.49. The van der Waals surface area contributed by atoms with Gasteiger partial charge in [0.25, 0.3) is 0 Å². The highest BCUT2D eigenvalue weighted by Gasteiger charge is 2.12. The fraction of sp³-hybridized carbons (Fsp3) is 0.286. The van der Waals surface area contributed by atoms with Gasteiger partial charge in [-0.25, -0.2) is 4.98 Å². The monoisotopic (exact) mass is 325 g/mol. The number of aromatic nitrogens is 1. The van der Waals surface area contributed by atoms with Gasteiger partial charge in [-0.05, 0) is 18.6 Å². The molecule has 2 rings (SSSR count). The summed E-state index contributed by atoms with van der Waals surface area (Å²) in [4.78, 5) is 16.3. The van der Waals surface area contributed by atoms with Gasteiger partial charge in [0.15, 0.2) is 0 Å². The van der Waals surface area contributed by atoms with Gasteiger partial charge in [0.2, 0.25) is 5.91 Å². The normalized spacial score (nSPS) is 10.5. The molecule has 0 saturated carbocycles. The number of carbonyl (C=O) groups excluding carboxylic acids is 1. The minimum atomic E-state index is -0.163. The Bertz CT molecular complexity index is 658. The van der Waals surface area contributed by atoms with Crippen LogP contribution in [0.4, 0.5) is 5.69 Å². The molecule has 0 radical (unpaired) electrons. The van der Waals surface area contributed by atoms with Gasteiger partial charge in [-0.15, -0.1) is 11.3 Å². The van der Waals surface area contributed by atoms with Crippen molar-refractivity contribution in [2.75, 3.05) is 12.4 Å². The number of anilines is 1. The van der Waals surface area contributed by atoms with Crippen molar-refractivity contribution < 1.29 is 9.53 Å². The van der Waals surface area contributed by atoms with E-state index in [2.05, 4.69) is 10.3 Å². The standard InChI is InChI=1S/C14H16ClN3O2S/c1-8-3-11(12(20-2)5-10(8)15)18-13(19)4-9-7-21-14(6-16)17-9/h3,5,7H,4,6,16H2,1-2H3,(H,18,19). The molecule has 5 nitrogen and oxygen atoms in total. The molecular formula is C14H16ClN3O2S. The third-order valence-electron chi connectivity index (χ3n) is 2.87. The molecule has 0 spiro atoms. The molecule has 0 atom stereocenters. The molecule has 3 N–H and O–H groups in total. The third-order valence-corrected chi connectivity index (χ3v) is 4.20. The lowest BCUT2D eigenvalue weighted by Crippen LogP contribution is -2.15. The zero-order valence-corrected chi connectivity index (χ0v) is 13.3. The molecule has 0 saturated heterocycles. The van der Waals surface area contributed by atoms with E-state index in [4.69, 9.17) is 22.1 Å². The van der Waals surface area contributed by atoms with E-state index in [0.29, 0.717) is 28.7 Å². The third kappa shape index (κ3) is 3.93. The topological polar surface area (TPSA) is 77.2 Å². The van der Waals surface area contributed by atoms with Crippen LogP contribution < -0.4 is 15.8 Å². The van der Waals surface area contributed by atoms with Gasteiger partial charge in [-0.2, -0.15) is 0 Å². The summed E-state index contributed by atoms with van der Waals surface area (Å²) in [6.45, 7) is 2.25. The van der Waals surface area contributed by atoms with Crippen LogP contribution in [0.3, 0.4) is 0 Å². The summed E-state index contributed by atoms with van der Waals surface area (Å²) in [7, 11) is 1.53. The van der Waals surface area contributed by atoms with E-state index >= 15 is 0 Å². The summed E-state index contributed by atoms with van der Waals surface area (Å²) in [5.74, 6) is 0.365. The van der Waals surface area contributed by atoms with Crippen molar-refractivity contribution >= 4 is 34.5 Å². The minimum absolute atomic E-state index is 0.163. The van der Waals surface area contributed by atoms with Crippen LogP contribution >= 0.6 is 22.9 Å². The molecule has 112 valence electrons. The van der Waals surface area contributed by atoms with Crippen LogP contribution in [-0.2, 0) is 17.8 Å². The van der Waals surface area contributed by atoms with E-state index < -0.39 is 0 Å². The van der Waals surface area contributed by atoms with Crippen molar-refractivity contribution in [2.45, 2.75) is 19.9 Å². The number of hydrogen-bond donors (Lipinski definition) is 2. The number of amides is 1. The highest BCUT2D eigenvalue weighted by molar-refractivity contribution is 7.09. The molecule has 1 aromatic carbocycles. The van der Waals surface area contributed by atoms with Crippen molar-refractivity contribution in [1.29, 1.82) is 0 Å². The van der Waals surface area contributed by atoms with E-state index in [1.165, 1.54) is 18.4 Å². The lowest BCUT2D eigenvalue weighted by atomic mass is 10.2. The molecule has 1 aromatic heterocycles. The fourth-order valence-electron chi connectivity index (χ4n) is 1.81. The Labute approximate surface area is 132 Å². The molecule has 0 aliphatic rings. The first kappa shape index (κ1) is 15.8. The molecular weight excluding hydrogens is 310 g/mol. The Morgan fingerprint density at radius 1 is 1.52 bits per heavy atom. The number of nitrogens with one attached hydrogen (secondary N) is 1. The lowest BCUT2D eigenvalue weighted by molar-refractivity contribution is -0.115. The summed E-state index contributed by atoms with van der Waals surface area (Å²) < 4.78 is 5.22. The van der Waals surface area contributed by atoms with Gasteiger partial charge < -0.3 is 15.8 Å². The molecule has 7 heteroatoms. The van der Waals surface area contributed by atoms with E-state index in [0.717, 1.165) is 10.6 Å².